The lowest BCUT2D eigenvalue weighted by molar-refractivity contribution is -0.135. The van der Waals surface area contributed by atoms with Gasteiger partial charge in [0.25, 0.3) is 5.91 Å². The van der Waals surface area contributed by atoms with E-state index in [1.807, 2.05) is 12.1 Å². The van der Waals surface area contributed by atoms with Crippen LogP contribution >= 0.6 is 23.4 Å². The molecule has 3 N–H and O–H groups in total. The molecule has 2 aliphatic heterocycles. The molecule has 4 amide bonds. The Morgan fingerprint density at radius 3 is 2.82 bits per heavy atom. The lowest BCUT2D eigenvalue weighted by Gasteiger charge is -2.33. The zero-order valence-electron chi connectivity index (χ0n) is 17.7. The number of hydrogen-bond donors (Lipinski definition) is 3. The van der Waals surface area contributed by atoms with E-state index in [0.29, 0.717) is 27.2 Å². The van der Waals surface area contributed by atoms with Gasteiger partial charge in [0.2, 0.25) is 17.0 Å². The first kappa shape index (κ1) is 22.2. The standard InChI is InChI=1S/C22H19ClN6O4S/c23-14-7-5-13(6-8-14)12-34-20-25-19(27-28-20)24-17(30)11-29-18(31)22(26-21(29)32)9-10-33-16-4-2-1-3-15(16)22/h1-8H,9-12H2,(H,26,32)(H2,24,25,27,28,30). The number of aromatic nitrogens is 3. The van der Waals surface area contributed by atoms with Gasteiger partial charge < -0.3 is 10.1 Å². The van der Waals surface area contributed by atoms with Gasteiger partial charge in [-0.25, -0.2) is 9.89 Å². The molecule has 1 unspecified atom stereocenters. The third kappa shape index (κ3) is 4.19. The molecule has 0 bridgehead atoms. The highest BCUT2D eigenvalue weighted by molar-refractivity contribution is 7.98. The number of nitrogens with one attached hydrogen (secondary N) is 3. The number of ether oxygens (including phenoxy) is 1. The van der Waals surface area contributed by atoms with Crippen LogP contribution in [0, 0.1) is 0 Å². The molecule has 0 saturated carbocycles. The van der Waals surface area contributed by atoms with Gasteiger partial charge in [-0.15, -0.1) is 5.10 Å². The molecule has 5 rings (SSSR count). The number of H-pyrrole nitrogens is 1. The summed E-state index contributed by atoms with van der Waals surface area (Å²) in [6.07, 6.45) is 0.281. The molecule has 2 aromatic carbocycles. The third-order valence-corrected chi connectivity index (χ3v) is 6.73. The minimum Gasteiger partial charge on any atom is -0.493 e. The summed E-state index contributed by atoms with van der Waals surface area (Å²) in [5.74, 6) is 0.227. The van der Waals surface area contributed by atoms with E-state index in [1.54, 1.807) is 36.4 Å². The van der Waals surface area contributed by atoms with Crippen LogP contribution in [0.2, 0.25) is 5.02 Å². The van der Waals surface area contributed by atoms with Crippen LogP contribution < -0.4 is 15.4 Å². The molecule has 174 valence electrons. The minimum atomic E-state index is -1.23. The quantitative estimate of drug-likeness (QED) is 0.352. The number of thioether (sulfide) groups is 1. The lowest BCUT2D eigenvalue weighted by Crippen LogP contribution is -2.48. The van der Waals surface area contributed by atoms with E-state index in [1.165, 1.54) is 11.8 Å². The lowest BCUT2D eigenvalue weighted by atomic mass is 9.84. The molecule has 1 fully saturated rings. The molecule has 1 spiro atoms. The number of aromatic amines is 1. The molecule has 34 heavy (non-hydrogen) atoms. The summed E-state index contributed by atoms with van der Waals surface area (Å²) in [5.41, 5.74) is 0.399. The van der Waals surface area contributed by atoms with Gasteiger partial charge in [0, 0.05) is 22.8 Å². The first-order chi connectivity index (χ1) is 16.4. The van der Waals surface area contributed by atoms with Crippen LogP contribution in [-0.4, -0.2) is 51.1 Å². The number of amides is 4. The van der Waals surface area contributed by atoms with E-state index in [4.69, 9.17) is 16.3 Å². The molecular formula is C22H19ClN6O4S. The number of halogens is 1. The Balaban J connectivity index is 1.21. The van der Waals surface area contributed by atoms with E-state index in [2.05, 4.69) is 25.8 Å². The van der Waals surface area contributed by atoms with E-state index in [-0.39, 0.29) is 19.0 Å². The molecular weight excluding hydrogens is 480 g/mol. The normalized spacial score (nSPS) is 19.0. The molecule has 3 aromatic rings. The largest absolute Gasteiger partial charge is 0.493 e. The summed E-state index contributed by atoms with van der Waals surface area (Å²) in [5, 5.41) is 13.1. The van der Waals surface area contributed by atoms with E-state index < -0.39 is 29.9 Å². The van der Waals surface area contributed by atoms with Crippen molar-refractivity contribution in [1.29, 1.82) is 0 Å². The van der Waals surface area contributed by atoms with Gasteiger partial charge in [0.05, 0.1) is 6.61 Å². The number of hydrogen-bond acceptors (Lipinski definition) is 7. The molecule has 0 aliphatic carbocycles. The van der Waals surface area contributed by atoms with Crippen molar-refractivity contribution in [3.05, 3.63) is 64.7 Å². The zero-order chi connectivity index (χ0) is 23.7. The van der Waals surface area contributed by atoms with Gasteiger partial charge in [-0.2, -0.15) is 4.98 Å². The number of rotatable bonds is 6. The highest BCUT2D eigenvalue weighted by Crippen LogP contribution is 2.40. The molecule has 10 nitrogen and oxygen atoms in total. The SMILES string of the molecule is O=C(CN1C(=O)NC2(CCOc3ccccc32)C1=O)Nc1nc(SCc2ccc(Cl)cc2)n[nH]1. The van der Waals surface area contributed by atoms with Crippen LogP contribution in [0.5, 0.6) is 5.75 Å². The fraction of sp³-hybridized carbons (Fsp3) is 0.227. The predicted octanol–water partition coefficient (Wildman–Crippen LogP) is 2.92. The van der Waals surface area contributed by atoms with Gasteiger partial charge >= 0.3 is 6.03 Å². The molecule has 3 heterocycles. The monoisotopic (exact) mass is 498 g/mol. The highest BCUT2D eigenvalue weighted by Gasteiger charge is 2.55. The second-order valence-corrected chi connectivity index (χ2v) is 9.13. The third-order valence-electron chi connectivity index (χ3n) is 5.56. The number of nitrogens with zero attached hydrogens (tertiary/aromatic N) is 3. The highest BCUT2D eigenvalue weighted by atomic mass is 35.5. The Kier molecular flexibility index (Phi) is 5.88. The molecule has 1 atom stereocenters. The van der Waals surface area contributed by atoms with Gasteiger partial charge in [0.15, 0.2) is 5.54 Å². The van der Waals surface area contributed by atoms with Crippen molar-refractivity contribution in [2.24, 2.45) is 0 Å². The van der Waals surface area contributed by atoms with Gasteiger partial charge in [-0.3, -0.25) is 19.8 Å². The maximum atomic E-state index is 13.2. The fourth-order valence-corrected chi connectivity index (χ4v) is 4.81. The summed E-state index contributed by atoms with van der Waals surface area (Å²) in [6.45, 7) is -0.180. The Morgan fingerprint density at radius 1 is 1.21 bits per heavy atom. The average molecular weight is 499 g/mol. The maximum absolute atomic E-state index is 13.2. The summed E-state index contributed by atoms with van der Waals surface area (Å²) in [4.78, 5) is 43.6. The van der Waals surface area contributed by atoms with E-state index in [9.17, 15) is 14.4 Å². The van der Waals surface area contributed by atoms with Crippen molar-refractivity contribution in [2.45, 2.75) is 22.9 Å². The average Bonchev–Trinajstić information content (AvgIpc) is 3.37. The Hall–Kier alpha value is -3.57. The zero-order valence-corrected chi connectivity index (χ0v) is 19.3. The number of fused-ring (bicyclic) bond motifs is 2. The molecule has 1 saturated heterocycles. The fourth-order valence-electron chi connectivity index (χ4n) is 3.93. The van der Waals surface area contributed by atoms with Crippen molar-refractivity contribution in [2.75, 3.05) is 18.5 Å². The predicted molar refractivity (Wildman–Crippen MR) is 125 cm³/mol. The number of carbonyl (C=O) groups excluding carboxylic acids is 3. The first-order valence-corrected chi connectivity index (χ1v) is 11.8. The second-order valence-electron chi connectivity index (χ2n) is 7.75. The van der Waals surface area contributed by atoms with Crippen molar-refractivity contribution in [1.82, 2.24) is 25.4 Å². The van der Waals surface area contributed by atoms with Crippen molar-refractivity contribution in [3.63, 3.8) is 0 Å². The summed E-state index contributed by atoms with van der Waals surface area (Å²) < 4.78 is 5.62. The Labute approximate surface area is 203 Å². The summed E-state index contributed by atoms with van der Waals surface area (Å²) in [6, 6.07) is 13.9. The van der Waals surface area contributed by atoms with Crippen molar-refractivity contribution < 1.29 is 19.1 Å². The van der Waals surface area contributed by atoms with Crippen LogP contribution in [0.15, 0.2) is 53.7 Å². The smallest absolute Gasteiger partial charge is 0.325 e. The van der Waals surface area contributed by atoms with Crippen LogP contribution in [0.25, 0.3) is 0 Å². The second kappa shape index (κ2) is 8.99. The van der Waals surface area contributed by atoms with Crippen LogP contribution in [-0.2, 0) is 20.9 Å². The number of para-hydroxylation sites is 1. The van der Waals surface area contributed by atoms with Gasteiger partial charge in [-0.1, -0.05) is 53.7 Å². The maximum Gasteiger partial charge on any atom is 0.325 e. The summed E-state index contributed by atoms with van der Waals surface area (Å²) >= 11 is 7.27. The van der Waals surface area contributed by atoms with Crippen molar-refractivity contribution >= 4 is 47.2 Å². The van der Waals surface area contributed by atoms with Gasteiger partial charge in [0.1, 0.15) is 12.3 Å². The van der Waals surface area contributed by atoms with E-state index in [0.717, 1.165) is 10.5 Å². The van der Waals surface area contributed by atoms with Gasteiger partial charge in [-0.05, 0) is 23.8 Å². The minimum absolute atomic E-state index is 0.127. The van der Waals surface area contributed by atoms with Crippen LogP contribution in [0.4, 0.5) is 10.7 Å². The molecule has 1 aromatic heterocycles. The topological polar surface area (TPSA) is 129 Å². The van der Waals surface area contributed by atoms with E-state index >= 15 is 0 Å². The Bertz CT molecular complexity index is 1270. The molecule has 12 heteroatoms. The number of urea groups is 1. The molecule has 0 radical (unpaired) electrons. The van der Waals surface area contributed by atoms with Crippen LogP contribution in [0.3, 0.4) is 0 Å². The molecule has 2 aliphatic rings. The number of benzene rings is 2. The number of carbonyl (C=O) groups is 3. The number of anilines is 1. The summed E-state index contributed by atoms with van der Waals surface area (Å²) in [7, 11) is 0. The Morgan fingerprint density at radius 2 is 2.00 bits per heavy atom. The number of imide groups is 1. The van der Waals surface area contributed by atoms with Crippen molar-refractivity contribution in [3.8, 4) is 5.75 Å². The van der Waals surface area contributed by atoms with Crippen LogP contribution in [0.1, 0.15) is 17.5 Å². The first-order valence-electron chi connectivity index (χ1n) is 10.4.